The van der Waals surface area contributed by atoms with Crippen molar-refractivity contribution in [2.24, 2.45) is 0 Å². The molecule has 8 heteroatoms. The van der Waals surface area contributed by atoms with Crippen LogP contribution in [0.1, 0.15) is 35.5 Å². The van der Waals surface area contributed by atoms with E-state index in [0.717, 1.165) is 28.0 Å². The number of nitrogens with one attached hydrogen (secondary N) is 1. The summed E-state index contributed by atoms with van der Waals surface area (Å²) in [5.41, 5.74) is 2.68. The third-order valence-electron chi connectivity index (χ3n) is 6.41. The molecule has 2 aromatic carbocycles. The highest BCUT2D eigenvalue weighted by atomic mass is 32.2. The zero-order valence-electron chi connectivity index (χ0n) is 20.9. The van der Waals surface area contributed by atoms with Gasteiger partial charge in [-0.3, -0.25) is 14.5 Å². The standard InChI is InChI=1S/C30H28N2O4S2/c1-2-3-11-22-19-38-29-25(31-24(33)18-23-16-10-17-37-23)28(34)32(29)26(22)30(35)36-27(20-12-6-4-7-13-20)21-14-8-5-9-15-21/h3-17,25,27,29H,2,18-19H2,1H3,(H,31,33)/t25-,29-/m1/s1. The molecule has 0 spiro atoms. The van der Waals surface area contributed by atoms with Gasteiger partial charge in [-0.05, 0) is 34.6 Å². The van der Waals surface area contributed by atoms with Gasteiger partial charge in [-0.2, -0.15) is 0 Å². The van der Waals surface area contributed by atoms with Crippen LogP contribution in [0.4, 0.5) is 0 Å². The van der Waals surface area contributed by atoms with E-state index in [1.54, 1.807) is 11.8 Å². The Kier molecular flexibility index (Phi) is 8.10. The molecule has 0 bridgehead atoms. The monoisotopic (exact) mass is 544 g/mol. The van der Waals surface area contributed by atoms with Crippen LogP contribution in [-0.2, 0) is 25.5 Å². The van der Waals surface area contributed by atoms with Crippen molar-refractivity contribution >= 4 is 40.9 Å². The minimum atomic E-state index is -0.675. The lowest BCUT2D eigenvalue weighted by Gasteiger charge is -2.49. The van der Waals surface area contributed by atoms with Gasteiger partial charge in [0.1, 0.15) is 17.1 Å². The highest BCUT2D eigenvalue weighted by Gasteiger charge is 2.54. The average Bonchev–Trinajstić information content (AvgIpc) is 3.46. The maximum absolute atomic E-state index is 13.8. The van der Waals surface area contributed by atoms with E-state index in [2.05, 4.69) is 5.32 Å². The minimum absolute atomic E-state index is 0.205. The molecule has 2 aliphatic heterocycles. The van der Waals surface area contributed by atoms with Gasteiger partial charge in [0.2, 0.25) is 5.91 Å². The fourth-order valence-electron chi connectivity index (χ4n) is 4.56. The average molecular weight is 545 g/mol. The van der Waals surface area contributed by atoms with Crippen molar-refractivity contribution < 1.29 is 19.1 Å². The molecule has 0 saturated carbocycles. The first-order chi connectivity index (χ1) is 18.6. The predicted octanol–water partition coefficient (Wildman–Crippen LogP) is 5.24. The van der Waals surface area contributed by atoms with Gasteiger partial charge in [-0.25, -0.2) is 4.79 Å². The maximum atomic E-state index is 13.8. The van der Waals surface area contributed by atoms with E-state index in [4.69, 9.17) is 4.74 Å². The number of rotatable bonds is 9. The van der Waals surface area contributed by atoms with Crippen LogP contribution in [-0.4, -0.2) is 39.9 Å². The lowest BCUT2D eigenvalue weighted by molar-refractivity contribution is -0.154. The van der Waals surface area contributed by atoms with Crippen LogP contribution in [0.2, 0.25) is 0 Å². The second kappa shape index (κ2) is 11.8. The molecule has 194 valence electrons. The molecule has 3 aromatic rings. The Morgan fingerprint density at radius 3 is 2.34 bits per heavy atom. The van der Waals surface area contributed by atoms with E-state index in [1.807, 2.05) is 97.3 Å². The fraction of sp³-hybridized carbons (Fsp3) is 0.233. The van der Waals surface area contributed by atoms with Gasteiger partial charge >= 0.3 is 5.97 Å². The number of ether oxygens (including phenoxy) is 1. The third kappa shape index (κ3) is 5.47. The Morgan fingerprint density at radius 2 is 1.74 bits per heavy atom. The summed E-state index contributed by atoms with van der Waals surface area (Å²) in [5, 5.41) is 4.44. The van der Waals surface area contributed by atoms with Gasteiger partial charge < -0.3 is 10.1 Å². The quantitative estimate of drug-likeness (QED) is 0.294. The molecule has 38 heavy (non-hydrogen) atoms. The number of hydrogen-bond acceptors (Lipinski definition) is 6. The van der Waals surface area contributed by atoms with Gasteiger partial charge in [-0.1, -0.05) is 85.8 Å². The van der Waals surface area contributed by atoms with Crippen LogP contribution in [0.15, 0.2) is 102 Å². The predicted molar refractivity (Wildman–Crippen MR) is 150 cm³/mol. The molecular weight excluding hydrogens is 516 g/mol. The number of fused-ring (bicyclic) bond motifs is 1. The largest absolute Gasteiger partial charge is 0.448 e. The van der Waals surface area contributed by atoms with Crippen molar-refractivity contribution in [2.45, 2.75) is 37.3 Å². The van der Waals surface area contributed by atoms with Crippen LogP contribution >= 0.6 is 23.1 Å². The summed E-state index contributed by atoms with van der Waals surface area (Å²) in [6.45, 7) is 2.02. The Morgan fingerprint density at radius 1 is 1.05 bits per heavy atom. The summed E-state index contributed by atoms with van der Waals surface area (Å²) >= 11 is 3.05. The molecule has 2 atom stereocenters. The van der Waals surface area contributed by atoms with Crippen LogP contribution < -0.4 is 5.32 Å². The number of amides is 2. The van der Waals surface area contributed by atoms with Crippen LogP contribution in [0.25, 0.3) is 0 Å². The van der Waals surface area contributed by atoms with Gasteiger partial charge in [0.15, 0.2) is 6.10 Å². The zero-order chi connectivity index (χ0) is 26.5. The van der Waals surface area contributed by atoms with Crippen molar-refractivity contribution in [1.29, 1.82) is 0 Å². The molecule has 0 unspecified atom stereocenters. The first-order valence-corrected chi connectivity index (χ1v) is 14.5. The minimum Gasteiger partial charge on any atom is -0.448 e. The SMILES string of the molecule is CCC=CC1=C(C(=O)OC(c2ccccc2)c2ccccc2)N2C(=O)[C@@H](NC(=O)Cc3cccs3)[C@H]2SC1. The smallest absolute Gasteiger partial charge is 0.356 e. The first kappa shape index (κ1) is 26.0. The van der Waals surface area contributed by atoms with Crippen molar-refractivity contribution in [3.8, 4) is 0 Å². The van der Waals surface area contributed by atoms with Gasteiger partial charge in [-0.15, -0.1) is 23.1 Å². The van der Waals surface area contributed by atoms with Crippen molar-refractivity contribution in [3.05, 3.63) is 118 Å². The Labute approximate surface area is 230 Å². The van der Waals surface area contributed by atoms with Crippen LogP contribution in [0.3, 0.4) is 0 Å². The summed E-state index contributed by atoms with van der Waals surface area (Å²) in [6, 6.07) is 22.3. The molecule has 0 radical (unpaired) electrons. The normalized spacial score (nSPS) is 18.9. The summed E-state index contributed by atoms with van der Waals surface area (Å²) in [6.07, 6.45) is 4.27. The molecule has 1 aromatic heterocycles. The lowest BCUT2D eigenvalue weighted by atomic mass is 10.0. The number of β-lactam (4-membered cyclic amide) rings is 1. The van der Waals surface area contributed by atoms with E-state index < -0.39 is 18.1 Å². The number of thiophene rings is 1. The number of esters is 1. The Hall–Kier alpha value is -3.62. The highest BCUT2D eigenvalue weighted by Crippen LogP contribution is 2.42. The second-order valence-corrected chi connectivity index (χ2v) is 11.1. The van der Waals surface area contributed by atoms with Crippen molar-refractivity contribution in [2.75, 3.05) is 5.75 Å². The maximum Gasteiger partial charge on any atom is 0.356 e. The molecular formula is C30H28N2O4S2. The number of nitrogens with zero attached hydrogens (tertiary/aromatic N) is 1. The molecule has 5 rings (SSSR count). The van der Waals surface area contributed by atoms with Crippen molar-refractivity contribution in [1.82, 2.24) is 10.2 Å². The van der Waals surface area contributed by atoms with Gasteiger partial charge in [0.25, 0.3) is 5.91 Å². The van der Waals surface area contributed by atoms with E-state index >= 15 is 0 Å². The van der Waals surface area contributed by atoms with Crippen LogP contribution in [0, 0.1) is 0 Å². The summed E-state index contributed by atoms with van der Waals surface area (Å²) in [5.74, 6) is -0.523. The molecule has 2 amide bonds. The van der Waals surface area contributed by atoms with E-state index in [1.165, 1.54) is 16.2 Å². The molecule has 6 nitrogen and oxygen atoms in total. The van der Waals surface area contributed by atoms with Gasteiger partial charge in [0, 0.05) is 10.6 Å². The second-order valence-electron chi connectivity index (χ2n) is 9.00. The molecule has 2 aliphatic rings. The molecule has 1 saturated heterocycles. The molecule has 1 fully saturated rings. The topological polar surface area (TPSA) is 75.7 Å². The highest BCUT2D eigenvalue weighted by molar-refractivity contribution is 8.00. The number of hydrogen-bond donors (Lipinski definition) is 1. The summed E-state index contributed by atoms with van der Waals surface area (Å²) < 4.78 is 6.14. The zero-order valence-corrected chi connectivity index (χ0v) is 22.5. The number of carbonyl (C=O) groups excluding carboxylic acids is 3. The number of benzene rings is 2. The van der Waals surface area contributed by atoms with Crippen LogP contribution in [0.5, 0.6) is 0 Å². The number of allylic oxidation sites excluding steroid dienone is 2. The summed E-state index contributed by atoms with van der Waals surface area (Å²) in [7, 11) is 0. The Bertz CT molecular complexity index is 1310. The van der Waals surface area contributed by atoms with Gasteiger partial charge in [0.05, 0.1) is 6.42 Å². The molecule has 1 N–H and O–H groups in total. The summed E-state index contributed by atoms with van der Waals surface area (Å²) in [4.78, 5) is 42.2. The molecule has 0 aliphatic carbocycles. The van der Waals surface area contributed by atoms with E-state index in [9.17, 15) is 14.4 Å². The lowest BCUT2D eigenvalue weighted by Crippen LogP contribution is -2.70. The van der Waals surface area contributed by atoms with E-state index in [0.29, 0.717) is 5.75 Å². The third-order valence-corrected chi connectivity index (χ3v) is 8.59. The molecule has 3 heterocycles. The number of carbonyl (C=O) groups is 3. The van der Waals surface area contributed by atoms with Crippen molar-refractivity contribution in [3.63, 3.8) is 0 Å². The Balaban J connectivity index is 1.40. The fourth-order valence-corrected chi connectivity index (χ4v) is 6.59. The first-order valence-electron chi connectivity index (χ1n) is 12.5. The van der Waals surface area contributed by atoms with E-state index in [-0.39, 0.29) is 29.3 Å². The number of thioether (sulfide) groups is 1.